The number of thiophene rings is 1. The van der Waals surface area contributed by atoms with Crippen LogP contribution in [0.15, 0.2) is 17.5 Å². The number of nitrogens with two attached hydrogens (primary N) is 1. The molecule has 2 atom stereocenters. The summed E-state index contributed by atoms with van der Waals surface area (Å²) in [6, 6.07) is 4.55. The Balaban J connectivity index is 2.11. The third-order valence-electron chi connectivity index (χ3n) is 4.39. The number of nitrogens with one attached hydrogen (secondary N) is 1. The second kappa shape index (κ2) is 6.81. The van der Waals surface area contributed by atoms with Crippen LogP contribution < -0.4 is 11.3 Å². The molecular weight excluding hydrogens is 258 g/mol. The quantitative estimate of drug-likeness (QED) is 0.615. The molecule has 19 heavy (non-hydrogen) atoms. The molecular formula is C14H25N3OS. The van der Waals surface area contributed by atoms with Crippen molar-refractivity contribution in [2.75, 3.05) is 26.3 Å². The lowest BCUT2D eigenvalue weighted by Crippen LogP contribution is -2.63. The molecule has 0 aliphatic carbocycles. The minimum Gasteiger partial charge on any atom is -0.379 e. The molecule has 1 aliphatic heterocycles. The highest BCUT2D eigenvalue weighted by Gasteiger charge is 2.38. The van der Waals surface area contributed by atoms with E-state index in [9.17, 15) is 0 Å². The minimum atomic E-state index is 0.0719. The highest BCUT2D eigenvalue weighted by molar-refractivity contribution is 7.09. The van der Waals surface area contributed by atoms with E-state index >= 15 is 0 Å². The molecule has 0 aromatic carbocycles. The van der Waals surface area contributed by atoms with Gasteiger partial charge in [-0.25, -0.2) is 0 Å². The van der Waals surface area contributed by atoms with Crippen LogP contribution in [-0.2, 0) is 11.2 Å². The van der Waals surface area contributed by atoms with Gasteiger partial charge in [-0.15, -0.1) is 11.3 Å². The summed E-state index contributed by atoms with van der Waals surface area (Å²) < 4.78 is 5.47. The van der Waals surface area contributed by atoms with Crippen LogP contribution in [0, 0.1) is 0 Å². The van der Waals surface area contributed by atoms with Gasteiger partial charge >= 0.3 is 0 Å². The van der Waals surface area contributed by atoms with Crippen molar-refractivity contribution < 1.29 is 4.74 Å². The SMILES string of the molecule is CCC(C)(C(Cc1cccs1)NN)N1CCOCC1. The normalized spacial score (nSPS) is 22.1. The van der Waals surface area contributed by atoms with Gasteiger partial charge in [-0.1, -0.05) is 13.0 Å². The Morgan fingerprint density at radius 1 is 1.53 bits per heavy atom. The zero-order chi connectivity index (χ0) is 13.7. The maximum atomic E-state index is 5.85. The lowest BCUT2D eigenvalue weighted by atomic mass is 9.85. The smallest absolute Gasteiger partial charge is 0.0594 e. The Labute approximate surface area is 119 Å². The van der Waals surface area contributed by atoms with E-state index in [-0.39, 0.29) is 11.6 Å². The predicted octanol–water partition coefficient (Wildman–Crippen LogP) is 1.62. The number of morpholine rings is 1. The van der Waals surface area contributed by atoms with Crippen molar-refractivity contribution in [2.45, 2.75) is 38.3 Å². The number of rotatable bonds is 6. The molecule has 2 unspecified atom stereocenters. The van der Waals surface area contributed by atoms with E-state index in [0.29, 0.717) is 0 Å². The molecule has 108 valence electrons. The lowest BCUT2D eigenvalue weighted by molar-refractivity contribution is -0.0321. The first-order valence-corrected chi connectivity index (χ1v) is 7.90. The van der Waals surface area contributed by atoms with Crippen LogP contribution in [0.25, 0.3) is 0 Å². The Morgan fingerprint density at radius 2 is 2.26 bits per heavy atom. The van der Waals surface area contributed by atoms with Crippen molar-refractivity contribution in [3.63, 3.8) is 0 Å². The number of hydrazine groups is 1. The Hall–Kier alpha value is -0.460. The number of hydrogen-bond acceptors (Lipinski definition) is 5. The van der Waals surface area contributed by atoms with Gasteiger partial charge in [0.1, 0.15) is 0 Å². The molecule has 0 radical (unpaired) electrons. The van der Waals surface area contributed by atoms with Crippen molar-refractivity contribution in [1.29, 1.82) is 0 Å². The van der Waals surface area contributed by atoms with Crippen molar-refractivity contribution in [1.82, 2.24) is 10.3 Å². The maximum Gasteiger partial charge on any atom is 0.0594 e. The summed E-state index contributed by atoms with van der Waals surface area (Å²) >= 11 is 1.80. The molecule has 1 aromatic rings. The average Bonchev–Trinajstić information content (AvgIpc) is 2.98. The molecule has 0 saturated carbocycles. The number of hydrogen-bond donors (Lipinski definition) is 2. The standard InChI is InChI=1S/C14H25N3OS/c1-3-14(2,17-6-8-18-9-7-17)13(16-15)11-12-5-4-10-19-12/h4-5,10,13,16H,3,6-9,11,15H2,1-2H3. The van der Waals surface area contributed by atoms with Gasteiger partial charge < -0.3 is 4.74 Å². The molecule has 3 N–H and O–H groups in total. The van der Waals surface area contributed by atoms with Crippen molar-refractivity contribution in [3.8, 4) is 0 Å². The van der Waals surface area contributed by atoms with E-state index < -0.39 is 0 Å². The van der Waals surface area contributed by atoms with Crippen LogP contribution in [0.2, 0.25) is 0 Å². The highest BCUT2D eigenvalue weighted by Crippen LogP contribution is 2.27. The lowest BCUT2D eigenvalue weighted by Gasteiger charge is -2.47. The molecule has 0 amide bonds. The first-order valence-electron chi connectivity index (χ1n) is 7.02. The maximum absolute atomic E-state index is 5.85. The monoisotopic (exact) mass is 283 g/mol. The Kier molecular flexibility index (Phi) is 5.36. The van der Waals surface area contributed by atoms with Crippen molar-refractivity contribution in [3.05, 3.63) is 22.4 Å². The van der Waals surface area contributed by atoms with Gasteiger partial charge in [0.2, 0.25) is 0 Å². The van der Waals surface area contributed by atoms with Crippen LogP contribution in [0.1, 0.15) is 25.1 Å². The topological polar surface area (TPSA) is 50.5 Å². The Morgan fingerprint density at radius 3 is 2.79 bits per heavy atom. The second-order valence-electron chi connectivity index (χ2n) is 5.31. The summed E-state index contributed by atoms with van der Waals surface area (Å²) in [5.41, 5.74) is 3.13. The molecule has 2 rings (SSSR count). The fourth-order valence-electron chi connectivity index (χ4n) is 2.85. The van der Waals surface area contributed by atoms with Crippen molar-refractivity contribution >= 4 is 11.3 Å². The van der Waals surface area contributed by atoms with Gasteiger partial charge in [-0.05, 0) is 24.8 Å². The molecule has 2 heterocycles. The summed E-state index contributed by atoms with van der Waals surface area (Å²) in [7, 11) is 0. The largest absolute Gasteiger partial charge is 0.379 e. The van der Waals surface area contributed by atoms with Crippen LogP contribution in [0.5, 0.6) is 0 Å². The van der Waals surface area contributed by atoms with Gasteiger partial charge in [-0.3, -0.25) is 16.2 Å². The van der Waals surface area contributed by atoms with E-state index in [2.05, 4.69) is 41.7 Å². The number of ether oxygens (including phenoxy) is 1. The Bertz CT molecular complexity index is 365. The van der Waals surface area contributed by atoms with E-state index in [1.165, 1.54) is 4.88 Å². The summed E-state index contributed by atoms with van der Waals surface area (Å²) in [6.45, 7) is 8.20. The summed E-state index contributed by atoms with van der Waals surface area (Å²) in [6.07, 6.45) is 2.06. The molecule has 1 aromatic heterocycles. The van der Waals surface area contributed by atoms with E-state index in [4.69, 9.17) is 10.6 Å². The zero-order valence-corrected chi connectivity index (χ0v) is 12.7. The van der Waals surface area contributed by atoms with Crippen LogP contribution >= 0.6 is 11.3 Å². The van der Waals surface area contributed by atoms with E-state index in [1.54, 1.807) is 11.3 Å². The van der Waals surface area contributed by atoms with Gasteiger partial charge in [0.05, 0.1) is 13.2 Å². The first kappa shape index (κ1) is 14.9. The van der Waals surface area contributed by atoms with E-state index in [0.717, 1.165) is 39.1 Å². The summed E-state index contributed by atoms with van der Waals surface area (Å²) in [4.78, 5) is 3.91. The summed E-state index contributed by atoms with van der Waals surface area (Å²) in [5, 5.41) is 2.13. The van der Waals surface area contributed by atoms with E-state index in [1.807, 2.05) is 0 Å². The van der Waals surface area contributed by atoms with Gasteiger partial charge in [-0.2, -0.15) is 0 Å². The molecule has 1 fully saturated rings. The molecule has 5 heteroatoms. The third kappa shape index (κ3) is 3.35. The third-order valence-corrected chi connectivity index (χ3v) is 5.29. The molecule has 1 saturated heterocycles. The average molecular weight is 283 g/mol. The zero-order valence-electron chi connectivity index (χ0n) is 11.9. The second-order valence-corrected chi connectivity index (χ2v) is 6.35. The first-order chi connectivity index (χ1) is 9.20. The van der Waals surface area contributed by atoms with Crippen LogP contribution in [0.4, 0.5) is 0 Å². The fourth-order valence-corrected chi connectivity index (χ4v) is 3.60. The predicted molar refractivity (Wildman–Crippen MR) is 80.2 cm³/mol. The minimum absolute atomic E-state index is 0.0719. The summed E-state index contributed by atoms with van der Waals surface area (Å²) in [5.74, 6) is 5.85. The van der Waals surface area contributed by atoms with Gasteiger partial charge in [0.25, 0.3) is 0 Å². The van der Waals surface area contributed by atoms with Gasteiger partial charge in [0.15, 0.2) is 0 Å². The fraction of sp³-hybridized carbons (Fsp3) is 0.714. The highest BCUT2D eigenvalue weighted by atomic mass is 32.1. The van der Waals surface area contributed by atoms with Crippen LogP contribution in [0.3, 0.4) is 0 Å². The number of nitrogens with zero attached hydrogens (tertiary/aromatic N) is 1. The van der Waals surface area contributed by atoms with Crippen molar-refractivity contribution in [2.24, 2.45) is 5.84 Å². The van der Waals surface area contributed by atoms with Crippen LogP contribution in [-0.4, -0.2) is 42.8 Å². The molecule has 4 nitrogen and oxygen atoms in total. The molecule has 0 spiro atoms. The molecule has 0 bridgehead atoms. The molecule has 1 aliphatic rings. The van der Waals surface area contributed by atoms with Gasteiger partial charge in [0, 0.05) is 36.0 Å².